The van der Waals surface area contributed by atoms with Crippen LogP contribution in [0.2, 0.25) is 0 Å². The standard InChI is InChI=1S/C16H23BrN2O/c1-12-8-14(17)9-13(10-19-4)15(12)20-7-5-6-16(2,3)11-18/h8-9,19H,5-7,10H2,1-4H3. The lowest BCUT2D eigenvalue weighted by atomic mass is 9.90. The molecule has 0 bridgehead atoms. The van der Waals surface area contributed by atoms with Gasteiger partial charge in [0.2, 0.25) is 0 Å². The maximum atomic E-state index is 8.99. The van der Waals surface area contributed by atoms with Crippen molar-refractivity contribution in [1.29, 1.82) is 5.26 Å². The lowest BCUT2D eigenvalue weighted by Crippen LogP contribution is -2.12. The Kier molecular flexibility index (Phi) is 6.51. The van der Waals surface area contributed by atoms with E-state index < -0.39 is 0 Å². The van der Waals surface area contributed by atoms with Crippen molar-refractivity contribution in [2.24, 2.45) is 5.41 Å². The first-order valence-electron chi connectivity index (χ1n) is 6.87. The third-order valence-electron chi connectivity index (χ3n) is 3.18. The van der Waals surface area contributed by atoms with Crippen LogP contribution in [0.3, 0.4) is 0 Å². The molecule has 110 valence electrons. The molecule has 0 atom stereocenters. The van der Waals surface area contributed by atoms with Crippen LogP contribution < -0.4 is 10.1 Å². The van der Waals surface area contributed by atoms with E-state index in [2.05, 4.69) is 46.4 Å². The highest BCUT2D eigenvalue weighted by atomic mass is 79.9. The van der Waals surface area contributed by atoms with E-state index in [1.54, 1.807) is 0 Å². The molecule has 0 fully saturated rings. The van der Waals surface area contributed by atoms with Gasteiger partial charge in [0.05, 0.1) is 18.1 Å². The Hall–Kier alpha value is -1.05. The molecule has 0 aliphatic carbocycles. The molecule has 1 N–H and O–H groups in total. The number of ether oxygens (including phenoxy) is 1. The molecule has 4 heteroatoms. The third-order valence-corrected chi connectivity index (χ3v) is 3.64. The zero-order valence-corrected chi connectivity index (χ0v) is 14.3. The molecule has 0 saturated carbocycles. The first-order valence-corrected chi connectivity index (χ1v) is 7.66. The van der Waals surface area contributed by atoms with E-state index in [4.69, 9.17) is 10.00 Å². The molecular weight excluding hydrogens is 316 g/mol. The number of nitrogens with zero attached hydrogens (tertiary/aromatic N) is 1. The third kappa shape index (κ3) is 5.15. The lowest BCUT2D eigenvalue weighted by Gasteiger charge is -2.17. The lowest BCUT2D eigenvalue weighted by molar-refractivity contribution is 0.280. The molecule has 0 unspecified atom stereocenters. The summed E-state index contributed by atoms with van der Waals surface area (Å²) in [6.45, 7) is 7.40. The number of halogens is 1. The fraction of sp³-hybridized carbons (Fsp3) is 0.562. The van der Waals surface area contributed by atoms with Crippen molar-refractivity contribution in [3.8, 4) is 11.8 Å². The van der Waals surface area contributed by atoms with Crippen LogP contribution in [0.25, 0.3) is 0 Å². The Morgan fingerprint density at radius 1 is 1.40 bits per heavy atom. The highest BCUT2D eigenvalue weighted by molar-refractivity contribution is 9.10. The first-order chi connectivity index (χ1) is 9.39. The van der Waals surface area contributed by atoms with Crippen LogP contribution in [-0.4, -0.2) is 13.7 Å². The zero-order chi connectivity index (χ0) is 15.2. The minimum absolute atomic E-state index is 0.272. The minimum atomic E-state index is -0.272. The summed E-state index contributed by atoms with van der Waals surface area (Å²) in [7, 11) is 1.93. The molecule has 20 heavy (non-hydrogen) atoms. The molecule has 0 amide bonds. The first kappa shape index (κ1) is 17.0. The number of rotatable bonds is 7. The van der Waals surface area contributed by atoms with Crippen molar-refractivity contribution < 1.29 is 4.74 Å². The van der Waals surface area contributed by atoms with Crippen molar-refractivity contribution >= 4 is 15.9 Å². The topological polar surface area (TPSA) is 45.0 Å². The summed E-state index contributed by atoms with van der Waals surface area (Å²) in [5, 5.41) is 12.2. The number of nitrogens with one attached hydrogen (secondary N) is 1. The van der Waals surface area contributed by atoms with Gasteiger partial charge in [-0.25, -0.2) is 0 Å². The minimum Gasteiger partial charge on any atom is -0.493 e. The summed E-state index contributed by atoms with van der Waals surface area (Å²) in [5.41, 5.74) is 2.01. The molecule has 0 radical (unpaired) electrons. The largest absolute Gasteiger partial charge is 0.493 e. The van der Waals surface area contributed by atoms with Gasteiger partial charge in [0, 0.05) is 16.6 Å². The van der Waals surface area contributed by atoms with E-state index >= 15 is 0 Å². The molecule has 0 aliphatic rings. The summed E-state index contributed by atoms with van der Waals surface area (Å²) in [6, 6.07) is 6.46. The van der Waals surface area contributed by atoms with Gasteiger partial charge in [0.15, 0.2) is 0 Å². The highest BCUT2D eigenvalue weighted by Crippen LogP contribution is 2.29. The highest BCUT2D eigenvalue weighted by Gasteiger charge is 2.16. The van der Waals surface area contributed by atoms with Crippen molar-refractivity contribution in [2.75, 3.05) is 13.7 Å². The molecule has 0 aliphatic heterocycles. The summed E-state index contributed by atoms with van der Waals surface area (Å²) in [6.07, 6.45) is 1.73. The fourth-order valence-corrected chi connectivity index (χ4v) is 2.69. The average Bonchev–Trinajstić information content (AvgIpc) is 2.37. The maximum absolute atomic E-state index is 8.99. The molecule has 0 spiro atoms. The summed E-state index contributed by atoms with van der Waals surface area (Å²) in [5.74, 6) is 0.956. The van der Waals surface area contributed by atoms with Crippen molar-refractivity contribution in [1.82, 2.24) is 5.32 Å². The van der Waals surface area contributed by atoms with Gasteiger partial charge in [0.1, 0.15) is 5.75 Å². The van der Waals surface area contributed by atoms with Gasteiger partial charge in [0.25, 0.3) is 0 Å². The van der Waals surface area contributed by atoms with Crippen molar-refractivity contribution in [3.63, 3.8) is 0 Å². The van der Waals surface area contributed by atoms with E-state index in [1.807, 2.05) is 20.9 Å². The molecule has 1 aromatic rings. The second kappa shape index (κ2) is 7.66. The molecule has 0 aromatic heterocycles. The van der Waals surface area contributed by atoms with Crippen LogP contribution in [0.15, 0.2) is 16.6 Å². The predicted molar refractivity (Wildman–Crippen MR) is 85.8 cm³/mol. The normalized spacial score (nSPS) is 11.2. The van der Waals surface area contributed by atoms with Gasteiger partial charge in [-0.2, -0.15) is 5.26 Å². The van der Waals surface area contributed by atoms with Crippen LogP contribution in [0, 0.1) is 23.7 Å². The van der Waals surface area contributed by atoms with Gasteiger partial charge in [-0.3, -0.25) is 0 Å². The summed E-state index contributed by atoms with van der Waals surface area (Å²) < 4.78 is 7.01. The van der Waals surface area contributed by atoms with Gasteiger partial charge >= 0.3 is 0 Å². The Labute approximate surface area is 130 Å². The van der Waals surface area contributed by atoms with Crippen LogP contribution in [0.4, 0.5) is 0 Å². The summed E-state index contributed by atoms with van der Waals surface area (Å²) >= 11 is 3.52. The number of nitriles is 1. The second-order valence-corrected chi connectivity index (χ2v) is 6.60. The van der Waals surface area contributed by atoms with E-state index in [0.29, 0.717) is 6.61 Å². The molecule has 3 nitrogen and oxygen atoms in total. The maximum Gasteiger partial charge on any atom is 0.126 e. The van der Waals surface area contributed by atoms with E-state index in [1.165, 1.54) is 0 Å². The number of hydrogen-bond acceptors (Lipinski definition) is 3. The molecule has 0 saturated heterocycles. The van der Waals surface area contributed by atoms with E-state index in [0.717, 1.165) is 40.7 Å². The van der Waals surface area contributed by atoms with Crippen molar-refractivity contribution in [3.05, 3.63) is 27.7 Å². The van der Waals surface area contributed by atoms with Crippen LogP contribution in [0.1, 0.15) is 37.8 Å². The van der Waals surface area contributed by atoms with Gasteiger partial charge in [-0.05, 0) is 58.4 Å². The van der Waals surface area contributed by atoms with Gasteiger partial charge in [-0.15, -0.1) is 0 Å². The van der Waals surface area contributed by atoms with Crippen molar-refractivity contribution in [2.45, 2.75) is 40.2 Å². The Bertz CT molecular complexity index is 492. The van der Waals surface area contributed by atoms with Crippen LogP contribution >= 0.6 is 15.9 Å². The Morgan fingerprint density at radius 2 is 2.10 bits per heavy atom. The SMILES string of the molecule is CNCc1cc(Br)cc(C)c1OCCCC(C)(C)C#N. The fourth-order valence-electron chi connectivity index (χ4n) is 2.07. The smallest absolute Gasteiger partial charge is 0.126 e. The number of hydrogen-bond donors (Lipinski definition) is 1. The Balaban J connectivity index is 2.66. The predicted octanol–water partition coefficient (Wildman–Crippen LogP) is 4.19. The van der Waals surface area contributed by atoms with Gasteiger partial charge < -0.3 is 10.1 Å². The molecule has 0 heterocycles. The zero-order valence-electron chi connectivity index (χ0n) is 12.7. The van der Waals surface area contributed by atoms with Crippen LogP contribution in [0.5, 0.6) is 5.75 Å². The quantitative estimate of drug-likeness (QED) is 0.758. The summed E-state index contributed by atoms with van der Waals surface area (Å²) in [4.78, 5) is 0. The molecular formula is C16H23BrN2O. The number of aryl methyl sites for hydroxylation is 1. The monoisotopic (exact) mass is 338 g/mol. The molecule has 1 aromatic carbocycles. The number of benzene rings is 1. The average molecular weight is 339 g/mol. The second-order valence-electron chi connectivity index (χ2n) is 5.69. The molecule has 1 rings (SSSR count). The Morgan fingerprint density at radius 3 is 2.70 bits per heavy atom. The van der Waals surface area contributed by atoms with Crippen LogP contribution in [-0.2, 0) is 6.54 Å². The van der Waals surface area contributed by atoms with Gasteiger partial charge in [-0.1, -0.05) is 15.9 Å². The van der Waals surface area contributed by atoms with E-state index in [-0.39, 0.29) is 5.41 Å². The van der Waals surface area contributed by atoms with E-state index in [9.17, 15) is 0 Å².